The average molecular weight is 541 g/mol. The highest BCUT2D eigenvalue weighted by molar-refractivity contribution is 9.10. The van der Waals surface area contributed by atoms with Crippen molar-refractivity contribution in [3.63, 3.8) is 0 Å². The van der Waals surface area contributed by atoms with Crippen molar-refractivity contribution in [2.75, 3.05) is 25.0 Å². The lowest BCUT2D eigenvalue weighted by atomic mass is 10.1. The molecule has 2 aromatic carbocycles. The Labute approximate surface area is 192 Å². The molecule has 7 nitrogen and oxygen atoms in total. The second-order valence-corrected chi connectivity index (χ2v) is 8.84. The molecule has 0 bridgehead atoms. The quantitative estimate of drug-likeness (QED) is 0.144. The lowest BCUT2D eigenvalue weighted by Gasteiger charge is -2.07. The number of nitrogens with one attached hydrogen (secondary N) is 1. The SMILES string of the molecule is CC(=O)OCCNc1ccc(CCN=Nc2c(Cl)cc(S(=O)(=O)F)c(Cl)c2Br)cc1. The largest absolute Gasteiger partial charge is 0.464 e. The summed E-state index contributed by atoms with van der Waals surface area (Å²) in [6, 6.07) is 8.52. The normalized spacial score (nSPS) is 11.6. The van der Waals surface area contributed by atoms with Gasteiger partial charge in [-0.1, -0.05) is 35.3 Å². The first-order valence-electron chi connectivity index (χ1n) is 8.55. The van der Waals surface area contributed by atoms with E-state index in [1.54, 1.807) is 0 Å². The molecule has 12 heteroatoms. The summed E-state index contributed by atoms with van der Waals surface area (Å²) < 4.78 is 40.3. The minimum Gasteiger partial charge on any atom is -0.464 e. The van der Waals surface area contributed by atoms with Crippen LogP contribution in [0.2, 0.25) is 10.0 Å². The van der Waals surface area contributed by atoms with Crippen molar-refractivity contribution in [3.8, 4) is 0 Å². The van der Waals surface area contributed by atoms with E-state index in [1.165, 1.54) is 6.92 Å². The van der Waals surface area contributed by atoms with Crippen LogP contribution in [0.5, 0.6) is 0 Å². The summed E-state index contributed by atoms with van der Waals surface area (Å²) in [5.41, 5.74) is 2.02. The van der Waals surface area contributed by atoms with Gasteiger partial charge in [0, 0.05) is 19.2 Å². The highest BCUT2D eigenvalue weighted by Gasteiger charge is 2.23. The molecule has 2 rings (SSSR count). The molecule has 1 N–H and O–H groups in total. The van der Waals surface area contributed by atoms with Crippen molar-refractivity contribution >= 4 is 66.7 Å². The first kappa shape index (κ1) is 24.5. The van der Waals surface area contributed by atoms with Gasteiger partial charge in [0.25, 0.3) is 0 Å². The predicted octanol–water partition coefficient (Wildman–Crippen LogP) is 5.72. The highest BCUT2D eigenvalue weighted by Crippen LogP contribution is 2.43. The third-order valence-corrected chi connectivity index (χ3v) is 6.37. The van der Waals surface area contributed by atoms with Crippen molar-refractivity contribution in [2.45, 2.75) is 18.2 Å². The molecule has 0 spiro atoms. The van der Waals surface area contributed by atoms with Gasteiger partial charge in [0.2, 0.25) is 0 Å². The molecule has 0 radical (unpaired) electrons. The third-order valence-electron chi connectivity index (χ3n) is 3.73. The summed E-state index contributed by atoms with van der Waals surface area (Å²) >= 11 is 14.9. The van der Waals surface area contributed by atoms with Gasteiger partial charge in [0.15, 0.2) is 0 Å². The Hall–Kier alpha value is -1.75. The standard InChI is InChI=1S/C18H17BrCl2FN3O4S/c1-11(26)29-9-8-23-13-4-2-12(3-5-13)6-7-24-25-18-14(20)10-15(30(22,27)28)17(21)16(18)19/h2-5,10,23H,6-9H2,1H3. The summed E-state index contributed by atoms with van der Waals surface area (Å²) in [7, 11) is -5.02. The van der Waals surface area contributed by atoms with Crippen molar-refractivity contribution in [1.29, 1.82) is 0 Å². The van der Waals surface area contributed by atoms with Crippen molar-refractivity contribution in [1.82, 2.24) is 0 Å². The Morgan fingerprint density at radius 2 is 1.93 bits per heavy atom. The zero-order valence-corrected chi connectivity index (χ0v) is 19.6. The molecule has 30 heavy (non-hydrogen) atoms. The number of ether oxygens (including phenoxy) is 1. The van der Waals surface area contributed by atoms with Gasteiger partial charge >= 0.3 is 16.2 Å². The maximum absolute atomic E-state index is 13.2. The van der Waals surface area contributed by atoms with Gasteiger partial charge in [-0.3, -0.25) is 4.79 Å². The van der Waals surface area contributed by atoms with Gasteiger partial charge in [0.05, 0.1) is 21.1 Å². The van der Waals surface area contributed by atoms with E-state index in [9.17, 15) is 17.1 Å². The number of carbonyl (C=O) groups is 1. The molecule has 0 aromatic heterocycles. The Balaban J connectivity index is 1.94. The van der Waals surface area contributed by atoms with Crippen LogP contribution in [0.25, 0.3) is 0 Å². The molecule has 0 unspecified atom stereocenters. The van der Waals surface area contributed by atoms with E-state index in [0.29, 0.717) is 19.5 Å². The fourth-order valence-corrected chi connectivity index (χ4v) is 4.37. The van der Waals surface area contributed by atoms with Crippen LogP contribution in [-0.4, -0.2) is 34.1 Å². The highest BCUT2D eigenvalue weighted by atomic mass is 79.9. The van der Waals surface area contributed by atoms with Gasteiger partial charge in [-0.25, -0.2) is 0 Å². The van der Waals surface area contributed by atoms with Crippen LogP contribution >= 0.6 is 39.1 Å². The van der Waals surface area contributed by atoms with Crippen LogP contribution in [0.4, 0.5) is 15.3 Å². The number of carbonyl (C=O) groups excluding carboxylic acids is 1. The monoisotopic (exact) mass is 539 g/mol. The predicted molar refractivity (Wildman–Crippen MR) is 117 cm³/mol. The fourth-order valence-electron chi connectivity index (χ4n) is 2.31. The fraction of sp³-hybridized carbons (Fsp3) is 0.278. The molecule has 0 aliphatic rings. The van der Waals surface area contributed by atoms with Crippen LogP contribution < -0.4 is 5.32 Å². The molecule has 0 aliphatic heterocycles. The van der Waals surface area contributed by atoms with E-state index < -0.39 is 15.1 Å². The number of anilines is 1. The third kappa shape index (κ3) is 7.19. The Morgan fingerprint density at radius 3 is 2.53 bits per heavy atom. The van der Waals surface area contributed by atoms with Gasteiger partial charge < -0.3 is 10.1 Å². The molecular weight excluding hydrogens is 524 g/mol. The molecule has 0 fully saturated rings. The number of nitrogens with zero attached hydrogens (tertiary/aromatic N) is 2. The second kappa shape index (κ2) is 11.0. The molecule has 0 aliphatic carbocycles. The number of halogens is 4. The molecule has 0 atom stereocenters. The molecule has 0 saturated carbocycles. The van der Waals surface area contributed by atoms with Gasteiger partial charge in [-0.15, -0.1) is 3.89 Å². The van der Waals surface area contributed by atoms with Crippen LogP contribution in [0.1, 0.15) is 12.5 Å². The van der Waals surface area contributed by atoms with E-state index in [4.69, 9.17) is 27.9 Å². The van der Waals surface area contributed by atoms with Gasteiger partial charge in [-0.2, -0.15) is 18.6 Å². The minimum atomic E-state index is -5.02. The lowest BCUT2D eigenvalue weighted by molar-refractivity contribution is -0.140. The van der Waals surface area contributed by atoms with E-state index >= 15 is 0 Å². The Bertz CT molecular complexity index is 1050. The Morgan fingerprint density at radius 1 is 1.27 bits per heavy atom. The molecule has 0 amide bonds. The van der Waals surface area contributed by atoms with Gasteiger partial charge in [0.1, 0.15) is 17.2 Å². The van der Waals surface area contributed by atoms with Crippen LogP contribution in [-0.2, 0) is 26.2 Å². The number of hydrogen-bond acceptors (Lipinski definition) is 7. The lowest BCUT2D eigenvalue weighted by Crippen LogP contribution is -2.11. The smallest absolute Gasteiger partial charge is 0.333 e. The average Bonchev–Trinajstić information content (AvgIpc) is 2.67. The minimum absolute atomic E-state index is 0.0424. The topological polar surface area (TPSA) is 97.2 Å². The number of azo groups is 1. The molecule has 2 aromatic rings. The van der Waals surface area contributed by atoms with Crippen molar-refractivity contribution in [3.05, 3.63) is 50.4 Å². The summed E-state index contributed by atoms with van der Waals surface area (Å²) in [6.45, 7) is 2.49. The maximum Gasteiger partial charge on any atom is 0.333 e. The summed E-state index contributed by atoms with van der Waals surface area (Å²) in [6.07, 6.45) is 0.594. The molecule has 162 valence electrons. The number of rotatable bonds is 9. The van der Waals surface area contributed by atoms with E-state index in [0.717, 1.165) is 17.3 Å². The van der Waals surface area contributed by atoms with Crippen molar-refractivity contribution < 1.29 is 21.8 Å². The molecule has 0 heterocycles. The zero-order valence-electron chi connectivity index (χ0n) is 15.7. The van der Waals surface area contributed by atoms with E-state index in [-0.39, 0.29) is 32.8 Å². The zero-order chi connectivity index (χ0) is 22.3. The van der Waals surface area contributed by atoms with Crippen LogP contribution in [0, 0.1) is 0 Å². The van der Waals surface area contributed by atoms with Crippen molar-refractivity contribution in [2.24, 2.45) is 10.2 Å². The number of esters is 1. The Kier molecular flexibility index (Phi) is 9.02. The molecule has 0 saturated heterocycles. The first-order chi connectivity index (χ1) is 14.1. The number of benzene rings is 2. The number of hydrogen-bond donors (Lipinski definition) is 1. The van der Waals surface area contributed by atoms with E-state index in [1.807, 2.05) is 24.3 Å². The van der Waals surface area contributed by atoms with Gasteiger partial charge in [-0.05, 0) is 46.1 Å². The second-order valence-electron chi connectivity index (χ2n) is 5.95. The summed E-state index contributed by atoms with van der Waals surface area (Å²) in [5, 5.41) is 10.7. The first-order valence-corrected chi connectivity index (χ1v) is 11.5. The molecular formula is C18H17BrCl2FN3O4S. The van der Waals surface area contributed by atoms with Crippen LogP contribution in [0.3, 0.4) is 0 Å². The summed E-state index contributed by atoms with van der Waals surface area (Å²) in [5.74, 6) is -0.319. The maximum atomic E-state index is 13.2. The van der Waals surface area contributed by atoms with Crippen LogP contribution in [0.15, 0.2) is 49.9 Å². The summed E-state index contributed by atoms with van der Waals surface area (Å²) in [4.78, 5) is 9.97. The van der Waals surface area contributed by atoms with E-state index in [2.05, 4.69) is 31.5 Å².